The highest BCUT2D eigenvalue weighted by atomic mass is 32.2. The first-order chi connectivity index (χ1) is 30.7. The lowest BCUT2D eigenvalue weighted by Gasteiger charge is -2.26. The molecule has 11 rings (SSSR count). The second kappa shape index (κ2) is 16.7. The van der Waals surface area contributed by atoms with Gasteiger partial charge in [-0.25, -0.2) is 9.98 Å². The van der Waals surface area contributed by atoms with E-state index in [2.05, 4.69) is 193 Å². The molecule has 8 aromatic carbocycles. The highest BCUT2D eigenvalue weighted by Gasteiger charge is 2.26. The zero-order valence-corrected chi connectivity index (χ0v) is 35.2. The summed E-state index contributed by atoms with van der Waals surface area (Å²) in [6, 6.07) is 72.5. The number of rotatable bonds is 8. The van der Waals surface area contributed by atoms with Crippen LogP contribution in [0.1, 0.15) is 45.7 Å². The van der Waals surface area contributed by atoms with Crippen molar-refractivity contribution in [2.45, 2.75) is 31.9 Å². The van der Waals surface area contributed by atoms with Crippen molar-refractivity contribution in [1.82, 2.24) is 10.6 Å². The molecule has 0 saturated carbocycles. The van der Waals surface area contributed by atoms with Crippen LogP contribution in [0.5, 0.6) is 0 Å². The molecule has 3 heterocycles. The molecular weight excluding hydrogens is 795 g/mol. The van der Waals surface area contributed by atoms with Crippen LogP contribution in [-0.4, -0.2) is 17.4 Å². The lowest BCUT2D eigenvalue weighted by Crippen LogP contribution is -2.33. The van der Waals surface area contributed by atoms with Crippen molar-refractivity contribution in [1.29, 1.82) is 0 Å². The molecule has 0 aromatic heterocycles. The minimum atomic E-state index is -0.263. The highest BCUT2D eigenvalue weighted by molar-refractivity contribution is 8.05. The van der Waals surface area contributed by atoms with Crippen LogP contribution in [0.25, 0.3) is 28.0 Å². The van der Waals surface area contributed by atoms with Gasteiger partial charge in [-0.1, -0.05) is 206 Å². The highest BCUT2D eigenvalue weighted by Crippen LogP contribution is 2.54. The van der Waals surface area contributed by atoms with Crippen molar-refractivity contribution < 1.29 is 0 Å². The van der Waals surface area contributed by atoms with Crippen LogP contribution in [0.2, 0.25) is 0 Å². The van der Waals surface area contributed by atoms with E-state index in [-0.39, 0.29) is 12.3 Å². The van der Waals surface area contributed by atoms with Crippen LogP contribution < -0.4 is 10.6 Å². The average molecular weight is 834 g/mol. The first-order valence-corrected chi connectivity index (χ1v) is 22.4. The Morgan fingerprint density at radius 2 is 0.903 bits per heavy atom. The fraction of sp³-hybridized carbons (Fsp3) is 0.0364. The summed E-state index contributed by atoms with van der Waals surface area (Å²) in [5.41, 5.74) is 13.1. The molecule has 5 nitrogen and oxygen atoms in total. The number of fused-ring (bicyclic) bond motifs is 2. The van der Waals surface area contributed by atoms with E-state index in [4.69, 9.17) is 15.0 Å². The van der Waals surface area contributed by atoms with E-state index in [9.17, 15) is 0 Å². The van der Waals surface area contributed by atoms with E-state index in [0.29, 0.717) is 5.84 Å². The van der Waals surface area contributed by atoms with E-state index < -0.39 is 0 Å². The molecule has 2 N–H and O–H groups in total. The Hall–Kier alpha value is -7.19. The molecule has 3 aliphatic rings. The Morgan fingerprint density at radius 3 is 1.58 bits per heavy atom. The first-order valence-electron chi connectivity index (χ1n) is 20.7. The van der Waals surface area contributed by atoms with Gasteiger partial charge in [-0.15, -0.1) is 0 Å². The predicted octanol–water partition coefficient (Wildman–Crippen LogP) is 13.3. The maximum atomic E-state index is 5.27. The maximum Gasteiger partial charge on any atom is 0.159 e. The molecule has 0 saturated heterocycles. The minimum absolute atomic E-state index is 0.257. The molecule has 0 aliphatic carbocycles. The van der Waals surface area contributed by atoms with Gasteiger partial charge in [0.15, 0.2) is 5.84 Å². The molecule has 2 unspecified atom stereocenters. The molecule has 2 atom stereocenters. The van der Waals surface area contributed by atoms with E-state index in [0.717, 1.165) is 61.8 Å². The quantitative estimate of drug-likeness (QED) is 0.160. The summed E-state index contributed by atoms with van der Waals surface area (Å²) in [7, 11) is 0. The summed E-state index contributed by atoms with van der Waals surface area (Å²) in [6.45, 7) is 0. The normalized spacial score (nSPS) is 16.6. The third-order valence-corrected chi connectivity index (χ3v) is 13.9. The van der Waals surface area contributed by atoms with E-state index in [1.165, 1.54) is 30.7 Å². The van der Waals surface area contributed by atoms with Crippen molar-refractivity contribution in [3.05, 3.63) is 246 Å². The Bertz CT molecular complexity index is 3070. The van der Waals surface area contributed by atoms with Gasteiger partial charge in [0.1, 0.15) is 18.2 Å². The Kier molecular flexibility index (Phi) is 10.2. The van der Waals surface area contributed by atoms with Gasteiger partial charge in [0.25, 0.3) is 0 Å². The third kappa shape index (κ3) is 7.57. The average Bonchev–Trinajstić information content (AvgIpc) is 3.36. The van der Waals surface area contributed by atoms with E-state index >= 15 is 0 Å². The van der Waals surface area contributed by atoms with Crippen molar-refractivity contribution in [3.8, 4) is 22.3 Å². The van der Waals surface area contributed by atoms with Gasteiger partial charge in [-0.2, -0.15) is 0 Å². The molecule has 0 radical (unpaired) electrons. The number of allylic oxidation sites excluding steroid dienone is 1. The standard InChI is InChI=1S/C55H39N5S2/c1-5-17-36(18-6-1)46-35-47(37-19-7-2-8-20-37)57-54(56-46)42-27-13-25-40(33-42)44-29-15-31-48-50(44)62-51-45(30-16-32-49(51)61-48)41-26-14-28-43(34-41)55-59-52(38-21-9-3-10-22-38)58-53(60-55)39-23-11-4-12-24-39/h1-35,52,54,56H,(H,58,59,60). The SMILES string of the molecule is C1=C(c2ccccc2)NC(c2cccc(-c3cccc4c3Sc3c(cccc3-c3cccc(C5=NC(c6ccccc6)NC(c6ccccc6)=N5)c3)S4)c2)N=C1c1ccccc1. The van der Waals surface area contributed by atoms with Crippen molar-refractivity contribution >= 4 is 46.6 Å². The fourth-order valence-electron chi connectivity index (χ4n) is 8.15. The summed E-state index contributed by atoms with van der Waals surface area (Å²) in [5, 5.41) is 7.34. The zero-order chi connectivity index (χ0) is 41.2. The van der Waals surface area contributed by atoms with E-state index in [1.54, 1.807) is 0 Å². The van der Waals surface area contributed by atoms with Gasteiger partial charge in [0, 0.05) is 36.4 Å². The summed E-state index contributed by atoms with van der Waals surface area (Å²) < 4.78 is 0. The number of hydrogen-bond donors (Lipinski definition) is 2. The summed E-state index contributed by atoms with van der Waals surface area (Å²) in [4.78, 5) is 20.6. The molecular formula is C55H39N5S2. The molecule has 62 heavy (non-hydrogen) atoms. The lowest BCUT2D eigenvalue weighted by atomic mass is 9.99. The Balaban J connectivity index is 0.934. The zero-order valence-electron chi connectivity index (χ0n) is 33.5. The first kappa shape index (κ1) is 37.8. The van der Waals surface area contributed by atoms with Crippen LogP contribution in [0.3, 0.4) is 0 Å². The monoisotopic (exact) mass is 833 g/mol. The predicted molar refractivity (Wildman–Crippen MR) is 257 cm³/mol. The van der Waals surface area contributed by atoms with Gasteiger partial charge in [0.2, 0.25) is 0 Å². The number of aliphatic imine (C=N–C) groups is 3. The molecule has 8 aromatic rings. The summed E-state index contributed by atoms with van der Waals surface area (Å²) in [5.74, 6) is 1.51. The van der Waals surface area contributed by atoms with Gasteiger partial charge in [0.05, 0.1) is 5.71 Å². The van der Waals surface area contributed by atoms with Gasteiger partial charge >= 0.3 is 0 Å². The van der Waals surface area contributed by atoms with Gasteiger partial charge in [-0.3, -0.25) is 4.99 Å². The van der Waals surface area contributed by atoms with Crippen molar-refractivity contribution in [3.63, 3.8) is 0 Å². The van der Waals surface area contributed by atoms with Crippen LogP contribution in [0, 0.1) is 0 Å². The summed E-state index contributed by atoms with van der Waals surface area (Å²) in [6.07, 6.45) is 1.64. The largest absolute Gasteiger partial charge is 0.360 e. The number of hydrogen-bond acceptors (Lipinski definition) is 7. The maximum absolute atomic E-state index is 5.27. The van der Waals surface area contributed by atoms with Gasteiger partial charge < -0.3 is 10.6 Å². The number of benzene rings is 8. The Labute approximate surface area is 370 Å². The van der Waals surface area contributed by atoms with Crippen LogP contribution in [-0.2, 0) is 0 Å². The van der Waals surface area contributed by atoms with E-state index in [1.807, 2.05) is 53.9 Å². The molecule has 296 valence electrons. The van der Waals surface area contributed by atoms with Gasteiger partial charge in [-0.05, 0) is 74.8 Å². The molecule has 7 heteroatoms. The second-order valence-corrected chi connectivity index (χ2v) is 17.4. The Morgan fingerprint density at radius 1 is 0.387 bits per heavy atom. The van der Waals surface area contributed by atoms with Crippen LogP contribution >= 0.6 is 23.5 Å². The fourth-order valence-corrected chi connectivity index (χ4v) is 10.7. The molecule has 0 fully saturated rings. The topological polar surface area (TPSA) is 61.1 Å². The molecule has 3 aliphatic heterocycles. The van der Waals surface area contributed by atoms with Crippen molar-refractivity contribution in [2.24, 2.45) is 15.0 Å². The number of amidine groups is 2. The molecule has 0 bridgehead atoms. The third-order valence-electron chi connectivity index (χ3n) is 11.2. The second-order valence-electron chi connectivity index (χ2n) is 15.3. The number of nitrogens with one attached hydrogen (secondary N) is 2. The molecule has 0 amide bonds. The molecule has 0 spiro atoms. The smallest absolute Gasteiger partial charge is 0.159 e. The minimum Gasteiger partial charge on any atom is -0.360 e. The lowest BCUT2D eigenvalue weighted by molar-refractivity contribution is 0.664. The van der Waals surface area contributed by atoms with Crippen molar-refractivity contribution in [2.75, 3.05) is 0 Å². The van der Waals surface area contributed by atoms with Crippen LogP contribution in [0.4, 0.5) is 0 Å². The number of nitrogens with zero attached hydrogens (tertiary/aromatic N) is 3. The van der Waals surface area contributed by atoms with Crippen LogP contribution in [0.15, 0.2) is 247 Å². The summed E-state index contributed by atoms with van der Waals surface area (Å²) >= 11 is 3.70.